The Morgan fingerprint density at radius 2 is 0.833 bits per heavy atom. The summed E-state index contributed by atoms with van der Waals surface area (Å²) in [4.78, 5) is 23.3. The summed E-state index contributed by atoms with van der Waals surface area (Å²) < 4.78 is 23.7. The molecular formula is C57H110N2O6P+. The number of carbonyl (C=O) groups excluding carboxylic acids is 1. The fourth-order valence-electron chi connectivity index (χ4n) is 8.07. The number of likely N-dealkylation sites (N-methyl/N-ethyl adjacent to an activating group) is 1. The number of aliphatic hydroxyl groups excluding tert-OH is 1. The van der Waals surface area contributed by atoms with Gasteiger partial charge in [-0.3, -0.25) is 13.8 Å². The number of unbranched alkanes of at least 4 members (excludes halogenated alkanes) is 32. The average molecular weight is 950 g/mol. The van der Waals surface area contributed by atoms with E-state index < -0.39 is 20.0 Å². The van der Waals surface area contributed by atoms with Crippen molar-refractivity contribution in [2.45, 2.75) is 270 Å². The lowest BCUT2D eigenvalue weighted by Gasteiger charge is -2.25. The largest absolute Gasteiger partial charge is 0.472 e. The highest BCUT2D eigenvalue weighted by molar-refractivity contribution is 7.47. The van der Waals surface area contributed by atoms with Gasteiger partial charge in [-0.1, -0.05) is 229 Å². The van der Waals surface area contributed by atoms with Crippen LogP contribution in [0.5, 0.6) is 0 Å². The van der Waals surface area contributed by atoms with E-state index in [0.29, 0.717) is 17.4 Å². The van der Waals surface area contributed by atoms with Crippen molar-refractivity contribution in [3.05, 3.63) is 48.6 Å². The highest BCUT2D eigenvalue weighted by Gasteiger charge is 2.27. The minimum absolute atomic E-state index is 0.0522. The molecule has 0 heterocycles. The van der Waals surface area contributed by atoms with Crippen LogP contribution in [0.15, 0.2) is 48.6 Å². The quantitative estimate of drug-likeness (QED) is 0.0243. The molecule has 0 aromatic carbocycles. The van der Waals surface area contributed by atoms with Crippen molar-refractivity contribution in [1.82, 2.24) is 5.32 Å². The van der Waals surface area contributed by atoms with Crippen LogP contribution in [-0.2, 0) is 18.4 Å². The summed E-state index contributed by atoms with van der Waals surface area (Å²) in [5.74, 6) is -0.194. The van der Waals surface area contributed by atoms with Crippen molar-refractivity contribution in [1.29, 1.82) is 0 Å². The van der Waals surface area contributed by atoms with Gasteiger partial charge in [0.1, 0.15) is 13.2 Å². The maximum absolute atomic E-state index is 13.0. The number of phosphoric ester groups is 1. The Balaban J connectivity index is 4.33. The molecule has 1 amide bonds. The zero-order valence-corrected chi connectivity index (χ0v) is 45.1. The summed E-state index contributed by atoms with van der Waals surface area (Å²) in [6, 6.07) is -0.873. The van der Waals surface area contributed by atoms with E-state index in [0.717, 1.165) is 44.9 Å². The van der Waals surface area contributed by atoms with Crippen molar-refractivity contribution < 1.29 is 32.9 Å². The Morgan fingerprint density at radius 3 is 1.21 bits per heavy atom. The van der Waals surface area contributed by atoms with Crippen molar-refractivity contribution >= 4 is 13.7 Å². The summed E-state index contributed by atoms with van der Waals surface area (Å²) in [6.07, 6.45) is 63.5. The molecule has 0 fully saturated rings. The van der Waals surface area contributed by atoms with Crippen LogP contribution in [0.25, 0.3) is 0 Å². The molecule has 3 atom stereocenters. The molecule has 0 aliphatic carbocycles. The Hall–Kier alpha value is -1.54. The average Bonchev–Trinajstić information content (AvgIpc) is 3.28. The van der Waals surface area contributed by atoms with Crippen LogP contribution in [0.3, 0.4) is 0 Å². The molecule has 3 N–H and O–H groups in total. The first-order valence-electron chi connectivity index (χ1n) is 28.0. The maximum Gasteiger partial charge on any atom is 0.472 e. The Kier molecular flexibility index (Phi) is 47.4. The number of amides is 1. The number of rotatable bonds is 51. The van der Waals surface area contributed by atoms with Crippen LogP contribution in [0.2, 0.25) is 0 Å². The van der Waals surface area contributed by atoms with Crippen molar-refractivity contribution in [2.75, 3.05) is 40.9 Å². The number of carbonyl (C=O) groups is 1. The smallest absolute Gasteiger partial charge is 0.387 e. The van der Waals surface area contributed by atoms with Gasteiger partial charge in [-0.2, -0.15) is 0 Å². The van der Waals surface area contributed by atoms with Gasteiger partial charge >= 0.3 is 7.82 Å². The lowest BCUT2D eigenvalue weighted by molar-refractivity contribution is -0.870. The third kappa shape index (κ3) is 50.3. The molecule has 0 radical (unpaired) electrons. The van der Waals surface area contributed by atoms with E-state index in [9.17, 15) is 19.4 Å². The lowest BCUT2D eigenvalue weighted by atomic mass is 10.0. The lowest BCUT2D eigenvalue weighted by Crippen LogP contribution is -2.45. The van der Waals surface area contributed by atoms with Crippen molar-refractivity contribution in [3.63, 3.8) is 0 Å². The first-order valence-corrected chi connectivity index (χ1v) is 29.5. The van der Waals surface area contributed by atoms with Crippen LogP contribution >= 0.6 is 7.82 Å². The zero-order valence-electron chi connectivity index (χ0n) is 44.2. The van der Waals surface area contributed by atoms with E-state index >= 15 is 0 Å². The standard InChI is InChI=1S/C57H109N2O6P/c1-6-8-10-12-14-16-18-20-22-24-26-28-30-32-34-36-38-40-42-44-46-48-50-56(60)55(54-65-66(62,63)64-53-52-59(3,4)5)58-57(61)51-49-47-45-43-41-39-37-35-33-31-29-27-25-23-21-19-17-15-13-11-9-7-2/h31-34,40,42,48,50,55-56,60H,6-30,35-39,41,43-47,49,51-54H2,1-5H3,(H-,58,61,62,63)/p+1/b33-31-,34-32+,42-40+,50-48+. The van der Waals surface area contributed by atoms with Crippen LogP contribution in [0, 0.1) is 0 Å². The summed E-state index contributed by atoms with van der Waals surface area (Å²) in [5.41, 5.74) is 0. The van der Waals surface area contributed by atoms with Gasteiger partial charge in [0.15, 0.2) is 0 Å². The SMILES string of the molecule is CCCCCCCCCCCCC/C=C\CCCCCCCCCC(=O)NC(COP(=O)(O)OCC[N+](C)(C)C)C(O)/C=C/CC/C=C/CC/C=C/CCCCCCCCCCCCCC. The molecule has 3 unspecified atom stereocenters. The molecule has 9 heteroatoms. The zero-order chi connectivity index (χ0) is 48.5. The summed E-state index contributed by atoms with van der Waals surface area (Å²) in [6.45, 7) is 4.81. The second-order valence-corrected chi connectivity index (χ2v) is 21.7. The van der Waals surface area contributed by atoms with Crippen LogP contribution in [0.4, 0.5) is 0 Å². The molecule has 0 bridgehead atoms. The molecule has 388 valence electrons. The summed E-state index contributed by atoms with van der Waals surface area (Å²) in [5, 5.41) is 13.9. The Morgan fingerprint density at radius 1 is 0.500 bits per heavy atom. The van der Waals surface area contributed by atoms with Gasteiger partial charge in [-0.05, 0) is 70.6 Å². The number of quaternary nitrogens is 1. The first-order chi connectivity index (χ1) is 32.0. The number of aliphatic hydroxyl groups is 1. The number of hydrogen-bond acceptors (Lipinski definition) is 5. The molecule has 0 aromatic rings. The van der Waals surface area contributed by atoms with Gasteiger partial charge < -0.3 is 19.8 Å². The van der Waals surface area contributed by atoms with Gasteiger partial charge in [0.05, 0.1) is 39.9 Å². The minimum Gasteiger partial charge on any atom is -0.387 e. The molecule has 0 saturated carbocycles. The van der Waals surface area contributed by atoms with Gasteiger partial charge in [0.2, 0.25) is 5.91 Å². The van der Waals surface area contributed by atoms with E-state index in [1.54, 1.807) is 6.08 Å². The van der Waals surface area contributed by atoms with Crippen LogP contribution in [-0.4, -0.2) is 73.4 Å². The second-order valence-electron chi connectivity index (χ2n) is 20.3. The number of nitrogens with one attached hydrogen (secondary N) is 1. The van der Waals surface area contributed by atoms with E-state index in [2.05, 4.69) is 55.6 Å². The van der Waals surface area contributed by atoms with Gasteiger partial charge in [-0.15, -0.1) is 0 Å². The molecule has 0 spiro atoms. The van der Waals surface area contributed by atoms with E-state index in [1.807, 2.05) is 27.2 Å². The predicted molar refractivity (Wildman–Crippen MR) is 286 cm³/mol. The molecule has 0 aromatic heterocycles. The van der Waals surface area contributed by atoms with Crippen molar-refractivity contribution in [2.24, 2.45) is 0 Å². The van der Waals surface area contributed by atoms with Crippen molar-refractivity contribution in [3.8, 4) is 0 Å². The van der Waals surface area contributed by atoms with Gasteiger partial charge in [0.25, 0.3) is 0 Å². The summed E-state index contributed by atoms with van der Waals surface area (Å²) >= 11 is 0. The fourth-order valence-corrected chi connectivity index (χ4v) is 8.81. The topological polar surface area (TPSA) is 105 Å². The predicted octanol–water partition coefficient (Wildman–Crippen LogP) is 16.8. The molecule has 0 aliphatic heterocycles. The number of phosphoric acid groups is 1. The number of hydrogen-bond donors (Lipinski definition) is 3. The van der Waals surface area contributed by atoms with E-state index in [-0.39, 0.29) is 19.1 Å². The maximum atomic E-state index is 13.0. The number of allylic oxidation sites excluding steroid dienone is 7. The first kappa shape index (κ1) is 64.5. The van der Waals surface area contributed by atoms with Crippen LogP contribution < -0.4 is 5.32 Å². The Bertz CT molecular complexity index is 1210. The fraction of sp³-hybridized carbons (Fsp3) is 0.842. The van der Waals surface area contributed by atoms with Gasteiger partial charge in [0, 0.05) is 6.42 Å². The van der Waals surface area contributed by atoms with E-state index in [1.165, 1.54) is 193 Å². The van der Waals surface area contributed by atoms with Gasteiger partial charge in [-0.25, -0.2) is 4.57 Å². The molecule has 0 saturated heterocycles. The Labute approximate surface area is 409 Å². The highest BCUT2D eigenvalue weighted by Crippen LogP contribution is 2.43. The molecule has 66 heavy (non-hydrogen) atoms. The third-order valence-corrected chi connectivity index (χ3v) is 13.5. The summed E-state index contributed by atoms with van der Waals surface area (Å²) in [7, 11) is 1.55. The minimum atomic E-state index is -4.36. The van der Waals surface area contributed by atoms with E-state index in [4.69, 9.17) is 9.05 Å². The molecule has 8 nitrogen and oxygen atoms in total. The second kappa shape index (κ2) is 48.5. The monoisotopic (exact) mass is 950 g/mol. The molecule has 0 aliphatic rings. The molecular weight excluding hydrogens is 840 g/mol. The van der Waals surface area contributed by atoms with Crippen LogP contribution in [0.1, 0.15) is 258 Å². The normalized spacial score (nSPS) is 14.3. The molecule has 0 rings (SSSR count). The highest BCUT2D eigenvalue weighted by atomic mass is 31.2. The third-order valence-electron chi connectivity index (χ3n) is 12.5. The number of nitrogens with zero attached hydrogens (tertiary/aromatic N) is 1.